The Kier molecular flexibility index (Phi) is 12.2. The zero-order chi connectivity index (χ0) is 28.9. The summed E-state index contributed by atoms with van der Waals surface area (Å²) in [6, 6.07) is -3.20. The van der Waals surface area contributed by atoms with Crippen LogP contribution < -0.4 is 33.6 Å². The standard InChI is InChI=1S/C23H46N6O10/c1-28-15-16(32)14(8-30)37-23(17(15)33)39-20-12(29-21(35)13(31)4-5-24)6-11(27)19(18(20)34)38-22-10(26)3-2-9(7-25)36-22/h9-20,22-23,28,30-34H,2-8,24-27H2,1H3,(H,29,35)/t9-,10?,11-,12+,13-,14?,15-,16+,17?,18?,19?,20-,22+,23+/m0/s1. The maximum atomic E-state index is 12.6. The predicted octanol–water partition coefficient (Wildman–Crippen LogP) is -6.14. The van der Waals surface area contributed by atoms with Crippen molar-refractivity contribution in [3.05, 3.63) is 0 Å². The molecule has 5 unspecified atom stereocenters. The van der Waals surface area contributed by atoms with Crippen LogP contribution in [0.4, 0.5) is 0 Å². The van der Waals surface area contributed by atoms with Gasteiger partial charge >= 0.3 is 0 Å². The molecule has 0 aromatic heterocycles. The molecule has 1 aliphatic carbocycles. The first-order valence-electron chi connectivity index (χ1n) is 13.4. The summed E-state index contributed by atoms with van der Waals surface area (Å²) < 4.78 is 23.5. The number of carbonyl (C=O) groups excluding carboxylic acids is 1. The lowest BCUT2D eigenvalue weighted by atomic mass is 9.83. The van der Waals surface area contributed by atoms with Crippen molar-refractivity contribution in [2.75, 3.05) is 26.7 Å². The molecule has 3 rings (SSSR count). The quantitative estimate of drug-likeness (QED) is 0.111. The van der Waals surface area contributed by atoms with Crippen LogP contribution in [0.2, 0.25) is 0 Å². The van der Waals surface area contributed by atoms with Crippen molar-refractivity contribution in [2.24, 2.45) is 22.9 Å². The molecule has 2 heterocycles. The molecule has 3 aliphatic rings. The molecule has 16 heteroatoms. The van der Waals surface area contributed by atoms with Crippen LogP contribution in [0.25, 0.3) is 0 Å². The third-order valence-electron chi connectivity index (χ3n) is 7.65. The average molecular weight is 567 g/mol. The Bertz CT molecular complexity index is 773. The first-order valence-corrected chi connectivity index (χ1v) is 13.4. The van der Waals surface area contributed by atoms with Gasteiger partial charge in [0.15, 0.2) is 12.6 Å². The van der Waals surface area contributed by atoms with Gasteiger partial charge < -0.3 is 78.0 Å². The van der Waals surface area contributed by atoms with Gasteiger partial charge in [-0.2, -0.15) is 0 Å². The van der Waals surface area contributed by atoms with Crippen LogP contribution in [0.3, 0.4) is 0 Å². The maximum absolute atomic E-state index is 12.6. The minimum Gasteiger partial charge on any atom is -0.394 e. The third kappa shape index (κ3) is 7.60. The second kappa shape index (κ2) is 14.7. The van der Waals surface area contributed by atoms with Gasteiger partial charge in [-0.25, -0.2) is 0 Å². The van der Waals surface area contributed by atoms with Gasteiger partial charge in [-0.1, -0.05) is 0 Å². The summed E-state index contributed by atoms with van der Waals surface area (Å²) in [5.41, 5.74) is 23.8. The number of rotatable bonds is 11. The average Bonchev–Trinajstić information content (AvgIpc) is 2.91. The van der Waals surface area contributed by atoms with E-state index in [9.17, 15) is 30.3 Å². The zero-order valence-electron chi connectivity index (χ0n) is 22.1. The van der Waals surface area contributed by atoms with E-state index >= 15 is 0 Å². The molecule has 3 fully saturated rings. The summed E-state index contributed by atoms with van der Waals surface area (Å²) in [7, 11) is 1.51. The lowest BCUT2D eigenvalue weighted by Gasteiger charge is -2.48. The van der Waals surface area contributed by atoms with Crippen LogP contribution >= 0.6 is 0 Å². The summed E-state index contributed by atoms with van der Waals surface area (Å²) >= 11 is 0. The molecule has 39 heavy (non-hydrogen) atoms. The minimum absolute atomic E-state index is 0.00794. The molecule has 0 aromatic rings. The van der Waals surface area contributed by atoms with Crippen molar-refractivity contribution in [3.8, 4) is 0 Å². The lowest BCUT2D eigenvalue weighted by Crippen LogP contribution is -2.69. The Labute approximate surface area is 227 Å². The topological polar surface area (TPSA) is 283 Å². The van der Waals surface area contributed by atoms with Crippen molar-refractivity contribution < 1.29 is 49.3 Å². The molecule has 2 aliphatic heterocycles. The van der Waals surface area contributed by atoms with E-state index in [-0.39, 0.29) is 32.0 Å². The van der Waals surface area contributed by atoms with Crippen molar-refractivity contribution in [2.45, 2.75) is 111 Å². The van der Waals surface area contributed by atoms with E-state index in [1.165, 1.54) is 7.05 Å². The van der Waals surface area contributed by atoms with Crippen LogP contribution in [0.15, 0.2) is 0 Å². The second-order valence-electron chi connectivity index (χ2n) is 10.4. The van der Waals surface area contributed by atoms with E-state index in [0.29, 0.717) is 12.8 Å². The highest BCUT2D eigenvalue weighted by atomic mass is 16.7. The Morgan fingerprint density at radius 2 is 1.69 bits per heavy atom. The third-order valence-corrected chi connectivity index (χ3v) is 7.65. The molecule has 15 N–H and O–H groups in total. The number of aliphatic hydroxyl groups excluding tert-OH is 5. The smallest absolute Gasteiger partial charge is 0.249 e. The van der Waals surface area contributed by atoms with Crippen LogP contribution in [0, 0.1) is 0 Å². The molecule has 16 nitrogen and oxygen atoms in total. The molecular formula is C23H46N6O10. The fraction of sp³-hybridized carbons (Fsp3) is 0.957. The van der Waals surface area contributed by atoms with Crippen LogP contribution in [-0.4, -0.2) is 144 Å². The summed E-state index contributed by atoms with van der Waals surface area (Å²) in [4.78, 5) is 12.6. The van der Waals surface area contributed by atoms with Crippen LogP contribution in [-0.2, 0) is 23.7 Å². The van der Waals surface area contributed by atoms with E-state index in [2.05, 4.69) is 10.6 Å². The summed E-state index contributed by atoms with van der Waals surface area (Å²) in [6.45, 7) is -0.236. The van der Waals surface area contributed by atoms with Gasteiger partial charge in [0, 0.05) is 12.6 Å². The van der Waals surface area contributed by atoms with Gasteiger partial charge in [0.25, 0.3) is 0 Å². The number of aliphatic hydroxyl groups is 5. The Morgan fingerprint density at radius 3 is 2.31 bits per heavy atom. The van der Waals surface area contributed by atoms with Gasteiger partial charge in [-0.15, -0.1) is 0 Å². The molecule has 2 saturated heterocycles. The van der Waals surface area contributed by atoms with Crippen molar-refractivity contribution >= 4 is 5.91 Å². The van der Waals surface area contributed by atoms with Crippen molar-refractivity contribution in [1.82, 2.24) is 10.6 Å². The molecule has 228 valence electrons. The zero-order valence-corrected chi connectivity index (χ0v) is 22.1. The normalized spacial score (nSPS) is 44.1. The molecule has 1 amide bonds. The molecule has 14 atom stereocenters. The number of nitrogens with two attached hydrogens (primary N) is 4. The van der Waals surface area contributed by atoms with E-state index in [1.54, 1.807) is 0 Å². The number of nitrogens with one attached hydrogen (secondary N) is 2. The fourth-order valence-electron chi connectivity index (χ4n) is 5.34. The molecule has 0 spiro atoms. The Morgan fingerprint density at radius 1 is 1.00 bits per heavy atom. The molecule has 0 aromatic carbocycles. The van der Waals surface area contributed by atoms with Gasteiger partial charge in [-0.05, 0) is 39.3 Å². The highest BCUT2D eigenvalue weighted by molar-refractivity contribution is 5.80. The highest BCUT2D eigenvalue weighted by Crippen LogP contribution is 2.31. The van der Waals surface area contributed by atoms with Crippen LogP contribution in [0.1, 0.15) is 25.7 Å². The molecule has 1 saturated carbocycles. The number of carbonyl (C=O) groups is 1. The second-order valence-corrected chi connectivity index (χ2v) is 10.4. The van der Waals surface area contributed by atoms with E-state index in [1.807, 2.05) is 0 Å². The SMILES string of the molecule is CN[C@@H]1C(O)[C@@H](O[C@@H]2C(O)C(O[C@H]3O[C@H](CN)CCC3N)[C@@H](N)C[C@H]2NC(=O)[C@@H](O)CCN)OC(CO)[C@H]1O. The van der Waals surface area contributed by atoms with Crippen LogP contribution in [0.5, 0.6) is 0 Å². The first-order chi connectivity index (χ1) is 18.6. The number of hydrogen-bond donors (Lipinski definition) is 11. The predicted molar refractivity (Wildman–Crippen MR) is 135 cm³/mol. The number of hydrogen-bond acceptors (Lipinski definition) is 15. The van der Waals surface area contributed by atoms with Gasteiger partial charge in [0.2, 0.25) is 5.91 Å². The van der Waals surface area contributed by atoms with Crippen molar-refractivity contribution in [3.63, 3.8) is 0 Å². The minimum atomic E-state index is -1.48. The number of likely N-dealkylation sites (N-methyl/N-ethyl adjacent to an activating group) is 1. The fourth-order valence-corrected chi connectivity index (χ4v) is 5.34. The Balaban J connectivity index is 1.84. The molecular weight excluding hydrogens is 520 g/mol. The summed E-state index contributed by atoms with van der Waals surface area (Å²) in [6.07, 6.45) is -10.3. The largest absolute Gasteiger partial charge is 0.394 e. The first kappa shape index (κ1) is 32.4. The lowest BCUT2D eigenvalue weighted by molar-refractivity contribution is -0.315. The van der Waals surface area contributed by atoms with E-state index in [4.69, 9.17) is 41.9 Å². The van der Waals surface area contributed by atoms with Gasteiger partial charge in [-0.3, -0.25) is 4.79 Å². The van der Waals surface area contributed by atoms with E-state index in [0.717, 1.165) is 0 Å². The van der Waals surface area contributed by atoms with Gasteiger partial charge in [0.1, 0.15) is 42.7 Å². The molecule has 0 bridgehead atoms. The highest BCUT2D eigenvalue weighted by Gasteiger charge is 2.51. The monoisotopic (exact) mass is 566 g/mol. The van der Waals surface area contributed by atoms with Gasteiger partial charge in [0.05, 0.1) is 30.8 Å². The number of amides is 1. The maximum Gasteiger partial charge on any atom is 0.249 e. The van der Waals surface area contributed by atoms with E-state index < -0.39 is 92.0 Å². The number of ether oxygens (including phenoxy) is 4. The Hall–Kier alpha value is -1.09. The summed E-state index contributed by atoms with van der Waals surface area (Å²) in [5.74, 6) is -0.747. The van der Waals surface area contributed by atoms with Crippen molar-refractivity contribution in [1.29, 1.82) is 0 Å². The summed E-state index contributed by atoms with van der Waals surface area (Å²) in [5, 5.41) is 57.9. The molecule has 0 radical (unpaired) electrons.